The number of thiazole rings is 1. The maximum absolute atomic E-state index is 14.3. The van der Waals surface area contributed by atoms with Crippen LogP contribution in [-0.2, 0) is 9.59 Å². The van der Waals surface area contributed by atoms with Gasteiger partial charge in [-0.2, -0.15) is 0 Å². The first-order chi connectivity index (χ1) is 27.0. The third-order valence-corrected chi connectivity index (χ3v) is 13.6. The summed E-state index contributed by atoms with van der Waals surface area (Å²) >= 11 is 1.39. The lowest BCUT2D eigenvalue weighted by atomic mass is 9.61. The van der Waals surface area contributed by atoms with E-state index < -0.39 is 16.8 Å². The minimum Gasteiger partial charge on any atom is -0.481 e. The van der Waals surface area contributed by atoms with Gasteiger partial charge in [0.15, 0.2) is 5.13 Å². The van der Waals surface area contributed by atoms with E-state index in [2.05, 4.69) is 63.6 Å². The molecule has 2 N–H and O–H groups in total. The number of aryl methyl sites for hydroxylation is 2. The normalized spacial score (nSPS) is 24.7. The molecule has 4 bridgehead atoms. The molecule has 2 aliphatic carbocycles. The molecule has 4 aromatic carbocycles. The molecule has 0 spiro atoms. The van der Waals surface area contributed by atoms with E-state index in [0.29, 0.717) is 23.4 Å². The van der Waals surface area contributed by atoms with Gasteiger partial charge in [0.05, 0.1) is 28.6 Å². The number of hydrogen-bond donors (Lipinski definition) is 2. The van der Waals surface area contributed by atoms with E-state index >= 15 is 0 Å². The van der Waals surface area contributed by atoms with Crippen LogP contribution in [0.25, 0.3) is 22.0 Å². The molecule has 3 aromatic heterocycles. The van der Waals surface area contributed by atoms with Crippen molar-refractivity contribution in [2.24, 2.45) is 10.8 Å². The molecular formula is C45H39FN6O3S. The lowest BCUT2D eigenvalue weighted by Crippen LogP contribution is -2.50. The van der Waals surface area contributed by atoms with Crippen LogP contribution in [0.15, 0.2) is 103 Å². The number of benzene rings is 4. The second-order valence-electron chi connectivity index (χ2n) is 16.1. The summed E-state index contributed by atoms with van der Waals surface area (Å²) in [5.41, 5.74) is 7.09. The van der Waals surface area contributed by atoms with Crippen molar-refractivity contribution in [2.75, 3.05) is 5.32 Å². The molecular weight excluding hydrogens is 724 g/mol. The Labute approximate surface area is 326 Å². The Balaban J connectivity index is 0.000000162. The fourth-order valence-electron chi connectivity index (χ4n) is 10.2. The Kier molecular flexibility index (Phi) is 7.57. The number of nitrogens with zero attached hydrogens (tertiary/aromatic N) is 5. The quantitative estimate of drug-likeness (QED) is 0.185. The summed E-state index contributed by atoms with van der Waals surface area (Å²) in [5.74, 6) is 1.20. The van der Waals surface area contributed by atoms with Gasteiger partial charge in [0, 0.05) is 51.9 Å². The van der Waals surface area contributed by atoms with Crippen LogP contribution in [0.2, 0.25) is 0 Å². The number of hydrogen-bond acceptors (Lipinski definition) is 6. The highest BCUT2D eigenvalue weighted by Crippen LogP contribution is 2.59. The molecule has 280 valence electrons. The SMILES string of the molecule is Cc1cnc2n1C1c3ccccc3C2CC1(C)C(=O)Nc1nc(-c2ccc(F)c3ccccc23)cs1.Cc1cnc2n1C1c3ccccc3C2CC1(C)C(=O)O. The molecule has 13 rings (SSSR count). The number of carboxylic acid groups (broad SMARTS) is 1. The van der Waals surface area contributed by atoms with Gasteiger partial charge in [-0.05, 0) is 80.3 Å². The van der Waals surface area contributed by atoms with E-state index in [0.717, 1.165) is 45.2 Å². The number of carboxylic acids is 1. The molecule has 6 unspecified atom stereocenters. The molecule has 0 saturated heterocycles. The maximum Gasteiger partial charge on any atom is 0.311 e. The lowest BCUT2D eigenvalue weighted by Gasteiger charge is -2.50. The van der Waals surface area contributed by atoms with E-state index in [1.165, 1.54) is 34.1 Å². The van der Waals surface area contributed by atoms with Crippen molar-refractivity contribution in [3.05, 3.63) is 154 Å². The number of aliphatic carboxylic acids is 1. The van der Waals surface area contributed by atoms with Crippen molar-refractivity contribution in [2.45, 2.75) is 64.5 Å². The molecule has 7 heterocycles. The monoisotopic (exact) mass is 762 g/mol. The first-order valence-corrected chi connectivity index (χ1v) is 19.8. The Morgan fingerprint density at radius 2 is 1.27 bits per heavy atom. The molecule has 0 fully saturated rings. The fourth-order valence-corrected chi connectivity index (χ4v) is 10.9. The molecule has 11 heteroatoms. The van der Waals surface area contributed by atoms with E-state index in [1.807, 2.05) is 68.0 Å². The van der Waals surface area contributed by atoms with Gasteiger partial charge in [-0.15, -0.1) is 11.3 Å². The number of carbonyl (C=O) groups excluding carboxylic acids is 1. The van der Waals surface area contributed by atoms with Crippen LogP contribution in [0.5, 0.6) is 0 Å². The number of rotatable bonds is 4. The van der Waals surface area contributed by atoms with Gasteiger partial charge < -0.3 is 19.6 Å². The summed E-state index contributed by atoms with van der Waals surface area (Å²) in [6.07, 6.45) is 5.08. The second kappa shape index (κ2) is 12.3. The molecule has 7 aromatic rings. The van der Waals surface area contributed by atoms with Gasteiger partial charge in [0.1, 0.15) is 17.5 Å². The summed E-state index contributed by atoms with van der Waals surface area (Å²) < 4.78 is 18.7. The minimum atomic E-state index is -0.766. The average molecular weight is 763 g/mol. The number of anilines is 1. The van der Waals surface area contributed by atoms with Crippen LogP contribution in [-0.4, -0.2) is 41.1 Å². The lowest BCUT2D eigenvalue weighted by molar-refractivity contribution is -0.152. The Morgan fingerprint density at radius 1 is 0.750 bits per heavy atom. The molecule has 6 aliphatic rings. The van der Waals surface area contributed by atoms with E-state index in [1.54, 1.807) is 12.1 Å². The predicted octanol–water partition coefficient (Wildman–Crippen LogP) is 9.41. The smallest absolute Gasteiger partial charge is 0.311 e. The summed E-state index contributed by atoms with van der Waals surface area (Å²) in [4.78, 5) is 39.8. The highest BCUT2D eigenvalue weighted by atomic mass is 32.1. The molecule has 1 amide bonds. The first kappa shape index (κ1) is 34.5. The van der Waals surface area contributed by atoms with E-state index in [9.17, 15) is 19.1 Å². The van der Waals surface area contributed by atoms with Gasteiger partial charge in [0.2, 0.25) is 5.91 Å². The molecule has 9 nitrogen and oxygen atoms in total. The van der Waals surface area contributed by atoms with Gasteiger partial charge in [-0.1, -0.05) is 72.8 Å². The average Bonchev–Trinajstić information content (AvgIpc) is 3.95. The summed E-state index contributed by atoms with van der Waals surface area (Å²) in [7, 11) is 0. The third kappa shape index (κ3) is 4.79. The number of amides is 1. The topological polar surface area (TPSA) is 115 Å². The third-order valence-electron chi connectivity index (χ3n) is 12.8. The van der Waals surface area contributed by atoms with Gasteiger partial charge in [-0.25, -0.2) is 19.3 Å². The molecule has 4 aliphatic heterocycles. The van der Waals surface area contributed by atoms with Gasteiger partial charge >= 0.3 is 5.97 Å². The molecule has 0 saturated carbocycles. The number of imidazole rings is 2. The minimum absolute atomic E-state index is 0.0457. The van der Waals surface area contributed by atoms with Gasteiger partial charge in [0.25, 0.3) is 0 Å². The number of aromatic nitrogens is 5. The van der Waals surface area contributed by atoms with Crippen molar-refractivity contribution in [3.63, 3.8) is 0 Å². The van der Waals surface area contributed by atoms with Crippen molar-refractivity contribution < 1.29 is 19.1 Å². The van der Waals surface area contributed by atoms with Crippen LogP contribution in [0.4, 0.5) is 9.52 Å². The number of nitrogens with one attached hydrogen (secondary N) is 1. The Bertz CT molecular complexity index is 2770. The van der Waals surface area contributed by atoms with E-state index in [-0.39, 0.29) is 35.6 Å². The van der Waals surface area contributed by atoms with Crippen molar-refractivity contribution in [1.29, 1.82) is 0 Å². The van der Waals surface area contributed by atoms with Crippen LogP contribution >= 0.6 is 11.3 Å². The summed E-state index contributed by atoms with van der Waals surface area (Å²) in [6.45, 7) is 7.98. The Hall–Kier alpha value is -5.94. The molecule has 6 atom stereocenters. The molecule has 0 radical (unpaired) electrons. The van der Waals surface area contributed by atoms with E-state index in [4.69, 9.17) is 9.97 Å². The number of fused-ring (bicyclic) bond motifs is 3. The standard InChI is InChI=1S/C29H23FN4OS.C16H16N2O2/c1-16-14-31-26-22-13-29(2,25(34(16)26)21-10-6-4-8-18(21)22)27(35)33-28-32-24(15-36-28)20-11-12-23(30)19-9-5-3-7-17(19)20;1-9-8-17-14-12-7-16(2,15(19)20)13(18(9)14)11-6-4-3-5-10(11)12/h3-12,14-15,22,25H,13H2,1-2H3,(H,32,33,35);3-6,8,12-13H,7H2,1-2H3,(H,19,20). The zero-order chi connectivity index (χ0) is 38.7. The Morgan fingerprint density at radius 3 is 1.86 bits per heavy atom. The number of halogens is 1. The van der Waals surface area contributed by atoms with Crippen LogP contribution in [0.1, 0.15) is 95.9 Å². The van der Waals surface area contributed by atoms with Crippen molar-refractivity contribution in [3.8, 4) is 11.3 Å². The maximum atomic E-state index is 14.3. The zero-order valence-corrected chi connectivity index (χ0v) is 32.1. The van der Waals surface area contributed by atoms with Crippen LogP contribution in [0.3, 0.4) is 0 Å². The highest BCUT2D eigenvalue weighted by molar-refractivity contribution is 7.14. The largest absolute Gasteiger partial charge is 0.481 e. The van der Waals surface area contributed by atoms with Crippen LogP contribution in [0, 0.1) is 30.5 Å². The van der Waals surface area contributed by atoms with Crippen molar-refractivity contribution in [1.82, 2.24) is 24.1 Å². The summed E-state index contributed by atoms with van der Waals surface area (Å²) in [6, 6.07) is 26.9. The highest BCUT2D eigenvalue weighted by Gasteiger charge is 2.56. The van der Waals surface area contributed by atoms with Crippen molar-refractivity contribution >= 4 is 39.1 Å². The second-order valence-corrected chi connectivity index (χ2v) is 17.0. The zero-order valence-electron chi connectivity index (χ0n) is 31.3. The first-order valence-electron chi connectivity index (χ1n) is 18.9. The number of carbonyl (C=O) groups is 2. The summed E-state index contributed by atoms with van der Waals surface area (Å²) in [5, 5.41) is 16.7. The predicted molar refractivity (Wildman–Crippen MR) is 214 cm³/mol. The van der Waals surface area contributed by atoms with Crippen LogP contribution < -0.4 is 5.32 Å². The fraction of sp³-hybridized carbons (Fsp3) is 0.267. The molecule has 56 heavy (non-hydrogen) atoms. The van der Waals surface area contributed by atoms with Gasteiger partial charge in [-0.3, -0.25) is 9.59 Å².